The van der Waals surface area contributed by atoms with Gasteiger partial charge in [0.25, 0.3) is 0 Å². The van der Waals surface area contributed by atoms with Crippen molar-refractivity contribution in [1.82, 2.24) is 49.5 Å². The number of amides is 2. The Bertz CT molecular complexity index is 3110. The van der Waals surface area contributed by atoms with E-state index in [1.807, 2.05) is 45.5 Å². The maximum absolute atomic E-state index is 13.4. The largest absolute Gasteiger partial charge is 0.383 e. The highest BCUT2D eigenvalue weighted by Crippen LogP contribution is 2.49. The average Bonchev–Trinajstić information content (AvgIpc) is 4.17. The number of hydrogen-bond donors (Lipinski definition) is 4. The predicted octanol–water partition coefficient (Wildman–Crippen LogP) is 7.46. The summed E-state index contributed by atoms with van der Waals surface area (Å²) < 4.78 is 3.47. The van der Waals surface area contributed by atoms with Gasteiger partial charge in [-0.05, 0) is 78.1 Å². The number of halogens is 2. The van der Waals surface area contributed by atoms with Crippen molar-refractivity contribution >= 4 is 79.8 Å². The number of rotatable bonds is 11. The fourth-order valence-electron chi connectivity index (χ4n) is 8.09. The summed E-state index contributed by atoms with van der Waals surface area (Å²) in [6.45, 7) is 2.23. The van der Waals surface area contributed by atoms with E-state index < -0.39 is 0 Å². The molecule has 5 N–H and O–H groups in total. The molecule has 2 aliphatic carbocycles. The molecule has 10 rings (SSSR count). The molecule has 0 aliphatic heterocycles. The summed E-state index contributed by atoms with van der Waals surface area (Å²) in [4.78, 5) is 54.2. The minimum atomic E-state index is -0.177. The first-order valence-electron chi connectivity index (χ1n) is 19.9. The van der Waals surface area contributed by atoms with Crippen LogP contribution >= 0.6 is 23.2 Å². The Morgan fingerprint density at radius 1 is 0.726 bits per heavy atom. The van der Waals surface area contributed by atoms with Crippen molar-refractivity contribution in [2.75, 3.05) is 21.7 Å². The zero-order valence-corrected chi connectivity index (χ0v) is 35.1. The van der Waals surface area contributed by atoms with E-state index in [1.165, 1.54) is 0 Å². The van der Waals surface area contributed by atoms with Gasteiger partial charge in [-0.3, -0.25) is 28.9 Å². The second-order valence-corrected chi connectivity index (χ2v) is 16.6. The summed E-state index contributed by atoms with van der Waals surface area (Å²) in [6, 6.07) is 7.24. The van der Waals surface area contributed by atoms with Crippen molar-refractivity contribution in [2.24, 2.45) is 25.9 Å². The molecular formula is C44H38Cl2N14O2. The number of carbonyl (C=O) groups excluding carboxylic acids is 2. The van der Waals surface area contributed by atoms with Crippen LogP contribution in [0.1, 0.15) is 46.9 Å². The zero-order valence-electron chi connectivity index (χ0n) is 33.6. The molecule has 18 heteroatoms. The molecule has 8 heterocycles. The van der Waals surface area contributed by atoms with Crippen LogP contribution in [0.3, 0.4) is 0 Å². The van der Waals surface area contributed by atoms with Crippen LogP contribution in [0, 0.1) is 18.8 Å². The molecule has 62 heavy (non-hydrogen) atoms. The van der Waals surface area contributed by atoms with Gasteiger partial charge in [-0.15, -0.1) is 0 Å². The van der Waals surface area contributed by atoms with E-state index >= 15 is 0 Å². The smallest absolute Gasteiger partial charge is 0.229 e. The van der Waals surface area contributed by atoms with Gasteiger partial charge in [-0.25, -0.2) is 19.9 Å². The molecule has 0 bridgehead atoms. The maximum Gasteiger partial charge on any atom is 0.229 e. The molecule has 2 fully saturated rings. The molecule has 8 aromatic heterocycles. The van der Waals surface area contributed by atoms with Gasteiger partial charge in [-0.1, -0.05) is 23.2 Å². The monoisotopic (exact) mass is 864 g/mol. The number of nitrogen functional groups attached to an aromatic ring is 1. The van der Waals surface area contributed by atoms with Gasteiger partial charge in [0.1, 0.15) is 23.3 Å². The van der Waals surface area contributed by atoms with E-state index in [4.69, 9.17) is 38.9 Å². The Hall–Kier alpha value is -7.04. The number of aryl methyl sites for hydroxylation is 3. The second-order valence-electron chi connectivity index (χ2n) is 15.9. The maximum atomic E-state index is 13.4. The SMILES string of the molecule is Cc1ccncc1-c1nc(NCc2ccncc2-c2nc(N)c3cnc(NC(=O)[C@H]4C[C@@H]4c4cnn(C)c4)cc3c2Cl)c2cnc(NC(=O)[C@@H]3C[C@H]3c3cnn(C)c3)cc2c1Cl. The van der Waals surface area contributed by atoms with Gasteiger partial charge in [0.05, 0.1) is 33.8 Å². The van der Waals surface area contributed by atoms with E-state index in [9.17, 15) is 9.59 Å². The summed E-state index contributed by atoms with van der Waals surface area (Å²) in [6.07, 6.45) is 19.0. The number of pyridine rings is 6. The van der Waals surface area contributed by atoms with Crippen molar-refractivity contribution in [1.29, 1.82) is 0 Å². The third-order valence-corrected chi connectivity index (χ3v) is 12.4. The van der Waals surface area contributed by atoms with Crippen LogP contribution < -0.4 is 21.7 Å². The summed E-state index contributed by atoms with van der Waals surface area (Å²) in [5.74, 6) is 1.08. The van der Waals surface area contributed by atoms with Crippen LogP contribution in [0.25, 0.3) is 44.1 Å². The van der Waals surface area contributed by atoms with Crippen molar-refractivity contribution in [3.63, 3.8) is 0 Å². The van der Waals surface area contributed by atoms with Crippen LogP contribution in [0.4, 0.5) is 23.3 Å². The van der Waals surface area contributed by atoms with Crippen molar-refractivity contribution in [3.8, 4) is 22.5 Å². The Balaban J connectivity index is 0.942. The molecule has 0 aromatic carbocycles. The number of anilines is 4. The van der Waals surface area contributed by atoms with Crippen molar-refractivity contribution in [3.05, 3.63) is 119 Å². The highest BCUT2D eigenvalue weighted by atomic mass is 35.5. The number of aromatic nitrogens is 10. The average molecular weight is 866 g/mol. The fraction of sp³-hybridized carbons (Fsp3) is 0.227. The van der Waals surface area contributed by atoms with E-state index in [1.54, 1.807) is 71.1 Å². The Morgan fingerprint density at radius 3 is 1.85 bits per heavy atom. The molecule has 4 atom stereocenters. The van der Waals surface area contributed by atoms with Gasteiger partial charge < -0.3 is 21.7 Å². The van der Waals surface area contributed by atoms with E-state index in [0.717, 1.165) is 40.7 Å². The minimum Gasteiger partial charge on any atom is -0.383 e. The van der Waals surface area contributed by atoms with Crippen LogP contribution in [0.5, 0.6) is 0 Å². The van der Waals surface area contributed by atoms with Crippen molar-refractivity contribution < 1.29 is 9.59 Å². The van der Waals surface area contributed by atoms with E-state index in [2.05, 4.69) is 46.1 Å². The lowest BCUT2D eigenvalue weighted by Crippen LogP contribution is -2.15. The van der Waals surface area contributed by atoms with Crippen LogP contribution in [-0.4, -0.2) is 61.3 Å². The molecule has 0 unspecified atom stereocenters. The highest BCUT2D eigenvalue weighted by Gasteiger charge is 2.45. The van der Waals surface area contributed by atoms with Gasteiger partial charge in [0.2, 0.25) is 11.8 Å². The summed E-state index contributed by atoms with van der Waals surface area (Å²) in [7, 11) is 3.72. The molecule has 310 valence electrons. The quantitative estimate of drug-likeness (QED) is 0.0999. The number of nitrogens with zero attached hydrogens (tertiary/aromatic N) is 10. The number of nitrogens with two attached hydrogens (primary N) is 1. The molecule has 2 amide bonds. The van der Waals surface area contributed by atoms with Crippen LogP contribution in [0.15, 0.2) is 86.2 Å². The van der Waals surface area contributed by atoms with E-state index in [0.29, 0.717) is 66.0 Å². The lowest BCUT2D eigenvalue weighted by atomic mass is 10.0. The van der Waals surface area contributed by atoms with Gasteiger partial charge in [0, 0.05) is 115 Å². The first-order chi connectivity index (χ1) is 30.0. The van der Waals surface area contributed by atoms with Gasteiger partial charge in [-0.2, -0.15) is 10.2 Å². The normalized spacial score (nSPS) is 17.9. The number of fused-ring (bicyclic) bond motifs is 2. The second kappa shape index (κ2) is 15.5. The summed E-state index contributed by atoms with van der Waals surface area (Å²) in [5, 5.41) is 21.1. The van der Waals surface area contributed by atoms with Crippen LogP contribution in [-0.2, 0) is 30.2 Å². The number of carbonyl (C=O) groups is 2. The summed E-state index contributed by atoms with van der Waals surface area (Å²) in [5.41, 5.74) is 12.6. The third kappa shape index (κ3) is 7.30. The molecule has 8 aromatic rings. The number of hydrogen-bond acceptors (Lipinski definition) is 12. The third-order valence-electron chi connectivity index (χ3n) is 11.7. The number of nitrogens with one attached hydrogen (secondary N) is 3. The van der Waals surface area contributed by atoms with Gasteiger partial charge in [0.15, 0.2) is 0 Å². The molecule has 0 spiro atoms. The van der Waals surface area contributed by atoms with Crippen LogP contribution in [0.2, 0.25) is 10.0 Å². The lowest BCUT2D eigenvalue weighted by Gasteiger charge is -2.17. The molecule has 0 saturated heterocycles. The van der Waals surface area contributed by atoms with Gasteiger partial charge >= 0.3 is 0 Å². The molecule has 2 saturated carbocycles. The highest BCUT2D eigenvalue weighted by molar-refractivity contribution is 6.39. The first kappa shape index (κ1) is 39.1. The minimum absolute atomic E-state index is 0.114. The van der Waals surface area contributed by atoms with Crippen molar-refractivity contribution in [2.45, 2.75) is 38.1 Å². The molecule has 16 nitrogen and oxygen atoms in total. The topological polar surface area (TPSA) is 209 Å². The summed E-state index contributed by atoms with van der Waals surface area (Å²) >= 11 is 14.3. The first-order valence-corrected chi connectivity index (χ1v) is 20.7. The fourth-order valence-corrected chi connectivity index (χ4v) is 8.69. The van der Waals surface area contributed by atoms with E-state index in [-0.39, 0.29) is 47.8 Å². The Kier molecular flexibility index (Phi) is 9.75. The Labute approximate surface area is 364 Å². The standard InChI is InChI=1S/C44H38Cl2N14O2/c1-21-4-6-48-15-31(21)39-38(46)28-11-36(56-44(62)30-9-26(30)24-14-54-60(3)20-24)51-18-34(28)42(58-39)52-12-22-5-7-49-16-32(22)40-37(45)27-10-35(50-17-33(27)41(47)57-40)55-43(61)29-8-25(29)23-13-53-59(2)19-23/h4-7,10-11,13-20,25-26,29-30H,8-9,12H2,1-3H3,(H2,47,57)(H,52,58)(H,50,55,61)(H,51,56,62)/t25-,26+,29+,30-/m1/s1. The Morgan fingerprint density at radius 2 is 1.27 bits per heavy atom. The molecule has 2 aliphatic rings. The predicted molar refractivity (Wildman–Crippen MR) is 237 cm³/mol. The lowest BCUT2D eigenvalue weighted by molar-refractivity contribution is -0.118. The molecule has 0 radical (unpaired) electrons. The molecular weight excluding hydrogens is 827 g/mol. The zero-order chi connectivity index (χ0) is 42.8.